The number of anilines is 1. The molecule has 9 heteroatoms. The third kappa shape index (κ3) is 8.26. The number of carbonyl (C=O) groups is 3. The van der Waals surface area contributed by atoms with Gasteiger partial charge in [0.05, 0.1) is 11.7 Å². The predicted molar refractivity (Wildman–Crippen MR) is 104 cm³/mol. The Hall–Kier alpha value is -2.81. The molecule has 5 N–H and O–H groups in total. The number of aromatic hydroxyl groups is 1. The van der Waals surface area contributed by atoms with Crippen molar-refractivity contribution in [1.29, 1.82) is 0 Å². The van der Waals surface area contributed by atoms with E-state index in [1.54, 1.807) is 27.7 Å². The van der Waals surface area contributed by atoms with Gasteiger partial charge in [-0.05, 0) is 53.2 Å². The van der Waals surface area contributed by atoms with E-state index in [1.165, 1.54) is 25.1 Å². The molecule has 0 fully saturated rings. The van der Waals surface area contributed by atoms with E-state index in [4.69, 9.17) is 15.2 Å². The molecule has 156 valence electrons. The molecule has 0 aromatic heterocycles. The highest BCUT2D eigenvalue weighted by Crippen LogP contribution is 2.34. The maximum atomic E-state index is 12.0. The highest BCUT2D eigenvalue weighted by atomic mass is 16.6. The summed E-state index contributed by atoms with van der Waals surface area (Å²) in [6.07, 6.45) is -0.240. The Morgan fingerprint density at radius 2 is 1.86 bits per heavy atom. The van der Waals surface area contributed by atoms with Crippen molar-refractivity contribution in [3.8, 4) is 11.5 Å². The van der Waals surface area contributed by atoms with Crippen LogP contribution in [0.4, 0.5) is 10.5 Å². The van der Waals surface area contributed by atoms with Crippen LogP contribution < -0.4 is 21.1 Å². The number of hydrogen-bond donors (Lipinski definition) is 4. The van der Waals surface area contributed by atoms with Crippen molar-refractivity contribution in [3.63, 3.8) is 0 Å². The van der Waals surface area contributed by atoms with Crippen molar-refractivity contribution in [1.82, 2.24) is 5.32 Å². The zero-order valence-corrected chi connectivity index (χ0v) is 16.9. The van der Waals surface area contributed by atoms with Gasteiger partial charge in [-0.15, -0.1) is 0 Å². The summed E-state index contributed by atoms with van der Waals surface area (Å²) in [5.41, 5.74) is 4.95. The smallest absolute Gasteiger partial charge is 0.407 e. The lowest BCUT2D eigenvalue weighted by Gasteiger charge is -2.21. The number of carbonyl (C=O) groups excluding carboxylic acids is 3. The molecule has 2 amide bonds. The Morgan fingerprint density at radius 3 is 2.43 bits per heavy atom. The van der Waals surface area contributed by atoms with E-state index in [-0.39, 0.29) is 29.6 Å². The number of benzene rings is 1. The van der Waals surface area contributed by atoms with Gasteiger partial charge in [0, 0.05) is 12.5 Å². The maximum absolute atomic E-state index is 12.0. The minimum atomic E-state index is -0.760. The molecule has 0 radical (unpaired) electrons. The van der Waals surface area contributed by atoms with Gasteiger partial charge in [0.15, 0.2) is 11.5 Å². The van der Waals surface area contributed by atoms with E-state index < -0.39 is 29.6 Å². The number of hydrogen-bond acceptors (Lipinski definition) is 7. The van der Waals surface area contributed by atoms with E-state index in [0.29, 0.717) is 6.42 Å². The molecule has 0 aliphatic rings. The number of phenolic OH excluding ortho intramolecular Hbond substituents is 1. The zero-order valence-electron chi connectivity index (χ0n) is 16.9. The molecule has 0 unspecified atom stereocenters. The van der Waals surface area contributed by atoms with Crippen LogP contribution in [0.5, 0.6) is 11.5 Å². The number of nitrogens with two attached hydrogens (primary N) is 1. The zero-order chi connectivity index (χ0) is 21.5. The van der Waals surface area contributed by atoms with Crippen LogP contribution in [0.3, 0.4) is 0 Å². The van der Waals surface area contributed by atoms with E-state index in [0.717, 1.165) is 0 Å². The molecule has 9 nitrogen and oxygen atoms in total. The summed E-state index contributed by atoms with van der Waals surface area (Å²) in [4.78, 5) is 35.4. The second kappa shape index (κ2) is 9.93. The first kappa shape index (κ1) is 23.2. The molecular weight excluding hydrogens is 366 g/mol. The van der Waals surface area contributed by atoms with Crippen LogP contribution in [-0.4, -0.2) is 40.8 Å². The van der Waals surface area contributed by atoms with Crippen LogP contribution in [-0.2, 0) is 14.3 Å². The lowest BCUT2D eigenvalue weighted by Crippen LogP contribution is -2.38. The van der Waals surface area contributed by atoms with E-state index in [9.17, 15) is 19.5 Å². The molecule has 2 atom stereocenters. The van der Waals surface area contributed by atoms with Crippen molar-refractivity contribution < 1.29 is 29.0 Å². The molecule has 0 spiro atoms. The fourth-order valence-electron chi connectivity index (χ4n) is 2.04. The minimum Gasteiger partial charge on any atom is -0.503 e. The summed E-state index contributed by atoms with van der Waals surface area (Å²) in [5, 5.41) is 15.2. The Kier molecular flexibility index (Phi) is 8.24. The molecule has 28 heavy (non-hydrogen) atoms. The van der Waals surface area contributed by atoms with Gasteiger partial charge in [0.2, 0.25) is 5.91 Å². The third-order valence-electron chi connectivity index (χ3n) is 3.44. The molecule has 0 bridgehead atoms. The van der Waals surface area contributed by atoms with E-state index in [1.807, 2.05) is 0 Å². The third-order valence-corrected chi connectivity index (χ3v) is 3.44. The van der Waals surface area contributed by atoms with Gasteiger partial charge < -0.3 is 30.9 Å². The van der Waals surface area contributed by atoms with Crippen molar-refractivity contribution >= 4 is 23.7 Å². The molecule has 0 saturated heterocycles. The number of alkyl carbamates (subject to hydrolysis) is 1. The standard InChI is InChI=1S/C19H29N3O6/c1-11(21-18(26)28-19(3,4)5)9-10-15(23)27-14-8-6-7-13(16(14)24)22-17(25)12(2)20/h6-8,11-12,24H,9-10,20H2,1-5H3,(H,21,26)(H,22,25)/t11-,12+/m1/s1. The quantitative estimate of drug-likeness (QED) is 0.315. The number of esters is 1. The fraction of sp³-hybridized carbons (Fsp3) is 0.526. The van der Waals surface area contributed by atoms with Crippen molar-refractivity contribution in [3.05, 3.63) is 18.2 Å². The predicted octanol–water partition coefficient (Wildman–Crippen LogP) is 2.28. The van der Waals surface area contributed by atoms with Gasteiger partial charge in [-0.1, -0.05) is 6.07 Å². The van der Waals surface area contributed by atoms with Gasteiger partial charge in [0.1, 0.15) is 5.60 Å². The number of rotatable bonds is 7. The number of ether oxygens (including phenoxy) is 2. The summed E-state index contributed by atoms with van der Waals surface area (Å²) in [6.45, 7) is 8.50. The Morgan fingerprint density at radius 1 is 1.21 bits per heavy atom. The largest absolute Gasteiger partial charge is 0.503 e. The van der Waals surface area contributed by atoms with Crippen molar-refractivity contribution in [2.75, 3.05) is 5.32 Å². The highest BCUT2D eigenvalue weighted by molar-refractivity contribution is 5.96. The normalized spacial score (nSPS) is 13.2. The molecule has 0 aliphatic carbocycles. The van der Waals surface area contributed by atoms with Crippen LogP contribution in [0.1, 0.15) is 47.5 Å². The number of phenols is 1. The SMILES string of the molecule is C[C@H](CCC(=O)Oc1cccc(NC(=O)[C@H](C)N)c1O)NC(=O)OC(C)(C)C. The average molecular weight is 395 g/mol. The van der Waals surface area contributed by atoms with Crippen molar-refractivity contribution in [2.24, 2.45) is 5.73 Å². The van der Waals surface area contributed by atoms with Gasteiger partial charge >= 0.3 is 12.1 Å². The molecule has 1 aromatic carbocycles. The average Bonchev–Trinajstić information content (AvgIpc) is 2.54. The first-order valence-electron chi connectivity index (χ1n) is 8.97. The van der Waals surface area contributed by atoms with Gasteiger partial charge in [-0.2, -0.15) is 0 Å². The minimum absolute atomic E-state index is 0.00677. The lowest BCUT2D eigenvalue weighted by atomic mass is 10.2. The number of nitrogens with one attached hydrogen (secondary N) is 2. The van der Waals surface area contributed by atoms with Crippen molar-refractivity contribution in [2.45, 2.75) is 65.1 Å². The molecule has 1 rings (SSSR count). The number of amides is 2. The molecular formula is C19H29N3O6. The van der Waals surface area contributed by atoms with Gasteiger partial charge in [-0.25, -0.2) is 4.79 Å². The van der Waals surface area contributed by atoms with Gasteiger partial charge in [-0.3, -0.25) is 9.59 Å². The number of para-hydroxylation sites is 1. The summed E-state index contributed by atoms with van der Waals surface area (Å²) >= 11 is 0. The monoisotopic (exact) mass is 395 g/mol. The molecule has 0 aliphatic heterocycles. The molecule has 0 saturated carbocycles. The second-order valence-electron chi connectivity index (χ2n) is 7.49. The maximum Gasteiger partial charge on any atom is 0.407 e. The highest BCUT2D eigenvalue weighted by Gasteiger charge is 2.19. The lowest BCUT2D eigenvalue weighted by molar-refractivity contribution is -0.134. The fourth-order valence-corrected chi connectivity index (χ4v) is 2.04. The van der Waals surface area contributed by atoms with Crippen LogP contribution in [0.15, 0.2) is 18.2 Å². The first-order valence-corrected chi connectivity index (χ1v) is 8.97. The molecule has 0 heterocycles. The van der Waals surface area contributed by atoms with E-state index >= 15 is 0 Å². The van der Waals surface area contributed by atoms with Crippen LogP contribution in [0.2, 0.25) is 0 Å². The summed E-state index contributed by atoms with van der Waals surface area (Å²) in [6, 6.07) is 3.31. The summed E-state index contributed by atoms with van der Waals surface area (Å²) in [5.74, 6) is -1.53. The van der Waals surface area contributed by atoms with Crippen LogP contribution in [0, 0.1) is 0 Å². The van der Waals surface area contributed by atoms with Gasteiger partial charge in [0.25, 0.3) is 0 Å². The Labute approximate surface area is 164 Å². The molecule has 1 aromatic rings. The Balaban J connectivity index is 2.57. The van der Waals surface area contributed by atoms with E-state index in [2.05, 4.69) is 10.6 Å². The summed E-state index contributed by atoms with van der Waals surface area (Å²) < 4.78 is 10.3. The first-order chi connectivity index (χ1) is 12.9. The second-order valence-corrected chi connectivity index (χ2v) is 7.49. The summed E-state index contributed by atoms with van der Waals surface area (Å²) in [7, 11) is 0. The van der Waals surface area contributed by atoms with Crippen LogP contribution >= 0.6 is 0 Å². The topological polar surface area (TPSA) is 140 Å². The Bertz CT molecular complexity index is 712. The van der Waals surface area contributed by atoms with Crippen LogP contribution in [0.25, 0.3) is 0 Å².